The lowest BCUT2D eigenvalue weighted by Gasteiger charge is -2.35. The Labute approximate surface area is 164 Å². The van der Waals surface area contributed by atoms with Gasteiger partial charge in [-0.3, -0.25) is 4.79 Å². The van der Waals surface area contributed by atoms with Crippen molar-refractivity contribution in [2.75, 3.05) is 20.3 Å². The number of hydrogen-bond acceptors (Lipinski definition) is 5. The maximum Gasteiger partial charge on any atom is 0.254 e. The quantitative estimate of drug-likeness (QED) is 0.830. The highest BCUT2D eigenvalue weighted by Crippen LogP contribution is 2.26. The highest BCUT2D eigenvalue weighted by molar-refractivity contribution is 5.99. The highest BCUT2D eigenvalue weighted by Gasteiger charge is 2.30. The minimum absolute atomic E-state index is 0.0791. The third-order valence-electron chi connectivity index (χ3n) is 5.15. The van der Waals surface area contributed by atoms with E-state index in [4.69, 9.17) is 4.84 Å². The molecule has 1 fully saturated rings. The molecule has 0 saturated carbocycles. The van der Waals surface area contributed by atoms with Gasteiger partial charge in [-0.1, -0.05) is 29.4 Å². The van der Waals surface area contributed by atoms with Crippen molar-refractivity contribution in [3.8, 4) is 17.2 Å². The maximum absolute atomic E-state index is 13.0. The van der Waals surface area contributed by atoms with E-state index >= 15 is 0 Å². The molecule has 1 atom stereocenters. The van der Waals surface area contributed by atoms with E-state index in [9.17, 15) is 15.2 Å². The zero-order chi connectivity index (χ0) is 20.1. The minimum atomic E-state index is -0.225. The van der Waals surface area contributed by atoms with E-state index in [1.165, 1.54) is 7.11 Å². The molecule has 1 aliphatic rings. The number of nitriles is 1. The van der Waals surface area contributed by atoms with Gasteiger partial charge >= 0.3 is 0 Å². The summed E-state index contributed by atoms with van der Waals surface area (Å²) in [6.45, 7) is 2.19. The molecule has 1 N–H and O–H groups in total. The van der Waals surface area contributed by atoms with Crippen LogP contribution in [0.25, 0.3) is 11.1 Å². The number of carbonyl (C=O) groups excluding carboxylic acids is 1. The molecule has 1 aliphatic heterocycles. The Morgan fingerprint density at radius 1 is 1.32 bits per heavy atom. The molecule has 1 heterocycles. The molecule has 1 unspecified atom stereocenters. The average molecular weight is 377 g/mol. The second-order valence-corrected chi connectivity index (χ2v) is 6.82. The van der Waals surface area contributed by atoms with Crippen molar-refractivity contribution in [3.05, 3.63) is 59.2 Å². The van der Waals surface area contributed by atoms with Crippen LogP contribution in [0.15, 0.2) is 47.6 Å². The van der Waals surface area contributed by atoms with Crippen LogP contribution in [0.2, 0.25) is 0 Å². The summed E-state index contributed by atoms with van der Waals surface area (Å²) in [6.07, 6.45) is 1.36. The number of likely N-dealkylation sites (tertiary alicyclic amines) is 1. The van der Waals surface area contributed by atoms with Crippen molar-refractivity contribution in [2.24, 2.45) is 5.16 Å². The molecule has 0 aliphatic carbocycles. The minimum Gasteiger partial charge on any atom is -0.399 e. The number of benzene rings is 2. The lowest BCUT2D eigenvalue weighted by atomic mass is 9.95. The number of hydrogen-bond donors (Lipinski definition) is 1. The maximum atomic E-state index is 13.0. The summed E-state index contributed by atoms with van der Waals surface area (Å²) >= 11 is 0. The Morgan fingerprint density at radius 3 is 2.71 bits per heavy atom. The van der Waals surface area contributed by atoms with E-state index in [0.717, 1.165) is 22.4 Å². The summed E-state index contributed by atoms with van der Waals surface area (Å²) in [7, 11) is 1.49. The molecule has 1 amide bonds. The summed E-state index contributed by atoms with van der Waals surface area (Å²) < 4.78 is 0. The lowest BCUT2D eigenvalue weighted by molar-refractivity contribution is 0.0593. The van der Waals surface area contributed by atoms with E-state index in [2.05, 4.69) is 11.2 Å². The number of piperidine rings is 1. The van der Waals surface area contributed by atoms with Gasteiger partial charge in [-0.15, -0.1) is 0 Å². The van der Waals surface area contributed by atoms with Crippen LogP contribution < -0.4 is 0 Å². The van der Waals surface area contributed by atoms with Crippen LogP contribution in [0.4, 0.5) is 0 Å². The highest BCUT2D eigenvalue weighted by atomic mass is 16.6. The second-order valence-electron chi connectivity index (χ2n) is 6.82. The molecular weight excluding hydrogens is 354 g/mol. The summed E-state index contributed by atoms with van der Waals surface area (Å²) in [4.78, 5) is 19.5. The molecule has 28 heavy (non-hydrogen) atoms. The fourth-order valence-corrected chi connectivity index (χ4v) is 3.55. The number of aliphatic hydroxyl groups is 1. The Morgan fingerprint density at radius 2 is 2.07 bits per heavy atom. The number of aliphatic hydroxyl groups excluding tert-OH is 1. The molecule has 0 bridgehead atoms. The smallest absolute Gasteiger partial charge is 0.254 e. The van der Waals surface area contributed by atoms with E-state index in [1.54, 1.807) is 23.1 Å². The Balaban J connectivity index is 1.85. The summed E-state index contributed by atoms with van der Waals surface area (Å²) in [5.74, 6) is -0.142. The summed E-state index contributed by atoms with van der Waals surface area (Å²) in [5, 5.41) is 22.8. The first-order valence-corrected chi connectivity index (χ1v) is 9.20. The zero-order valence-corrected chi connectivity index (χ0v) is 16.1. The molecule has 6 nitrogen and oxygen atoms in total. The van der Waals surface area contributed by atoms with Crippen LogP contribution >= 0.6 is 0 Å². The van der Waals surface area contributed by atoms with E-state index in [-0.39, 0.29) is 18.6 Å². The topological polar surface area (TPSA) is 85.9 Å². The van der Waals surface area contributed by atoms with Crippen molar-refractivity contribution in [3.63, 3.8) is 0 Å². The fourth-order valence-electron chi connectivity index (χ4n) is 3.55. The second kappa shape index (κ2) is 8.68. The standard InChI is InChI=1S/C22H23N3O3/c1-15-18(12-23)4-3-5-21(15)16-6-8-17(9-7-16)22(27)25-13-19(24-28-2)10-11-20(25)14-26/h3-9,20,26H,10-11,13-14H2,1-2H3/b24-19+. The van der Waals surface area contributed by atoms with E-state index < -0.39 is 0 Å². The SMILES string of the molecule is CO/N=C1\CCC(CO)N(C(=O)c2ccc(-c3cccc(C#N)c3C)cc2)C1. The average Bonchev–Trinajstić information content (AvgIpc) is 2.74. The van der Waals surface area contributed by atoms with Gasteiger partial charge in [0.15, 0.2) is 0 Å². The zero-order valence-electron chi connectivity index (χ0n) is 16.1. The third-order valence-corrected chi connectivity index (χ3v) is 5.15. The predicted octanol–water partition coefficient (Wildman–Crippen LogP) is 3.13. The number of oxime groups is 1. The molecule has 0 aromatic heterocycles. The number of amides is 1. The molecule has 144 valence electrons. The van der Waals surface area contributed by atoms with Gasteiger partial charge in [0.25, 0.3) is 5.91 Å². The fraction of sp³-hybridized carbons (Fsp3) is 0.318. The monoisotopic (exact) mass is 377 g/mol. The molecule has 3 rings (SSSR count). The van der Waals surface area contributed by atoms with Gasteiger partial charge in [-0.05, 0) is 54.7 Å². The van der Waals surface area contributed by atoms with E-state index in [1.807, 2.05) is 31.2 Å². The van der Waals surface area contributed by atoms with Gasteiger partial charge in [0.1, 0.15) is 7.11 Å². The first-order chi connectivity index (χ1) is 13.6. The lowest BCUT2D eigenvalue weighted by Crippen LogP contribution is -2.49. The molecule has 0 radical (unpaired) electrons. The molecule has 1 saturated heterocycles. The van der Waals surface area contributed by atoms with Crippen LogP contribution in [0.5, 0.6) is 0 Å². The Kier molecular flexibility index (Phi) is 6.07. The van der Waals surface area contributed by atoms with Crippen LogP contribution in [0, 0.1) is 18.3 Å². The Hall–Kier alpha value is -3.17. The van der Waals surface area contributed by atoms with Gasteiger partial charge in [-0.2, -0.15) is 5.26 Å². The molecule has 2 aromatic carbocycles. The van der Waals surface area contributed by atoms with Crippen LogP contribution in [-0.4, -0.2) is 47.9 Å². The van der Waals surface area contributed by atoms with Gasteiger partial charge < -0.3 is 14.8 Å². The van der Waals surface area contributed by atoms with Crippen molar-refractivity contribution in [1.82, 2.24) is 4.90 Å². The van der Waals surface area contributed by atoms with E-state index in [0.29, 0.717) is 30.5 Å². The van der Waals surface area contributed by atoms with Crippen molar-refractivity contribution < 1.29 is 14.7 Å². The van der Waals surface area contributed by atoms with Gasteiger partial charge in [0.05, 0.1) is 36.5 Å². The number of nitrogens with zero attached hydrogens (tertiary/aromatic N) is 3. The first kappa shape index (κ1) is 19.6. The van der Waals surface area contributed by atoms with Crippen LogP contribution in [-0.2, 0) is 4.84 Å². The summed E-state index contributed by atoms with van der Waals surface area (Å²) in [5.41, 5.74) is 4.82. The van der Waals surface area contributed by atoms with Gasteiger partial charge in [0, 0.05) is 5.56 Å². The molecular formula is C22H23N3O3. The van der Waals surface area contributed by atoms with Gasteiger partial charge in [0.2, 0.25) is 0 Å². The first-order valence-electron chi connectivity index (χ1n) is 9.20. The molecule has 2 aromatic rings. The summed E-state index contributed by atoms with van der Waals surface area (Å²) in [6, 6.07) is 14.9. The third kappa shape index (κ3) is 3.90. The van der Waals surface area contributed by atoms with Crippen molar-refractivity contribution in [1.29, 1.82) is 5.26 Å². The van der Waals surface area contributed by atoms with Crippen LogP contribution in [0.1, 0.15) is 34.3 Å². The van der Waals surface area contributed by atoms with Crippen LogP contribution in [0.3, 0.4) is 0 Å². The Bertz CT molecular complexity index is 929. The predicted molar refractivity (Wildman–Crippen MR) is 107 cm³/mol. The normalized spacial score (nSPS) is 18.0. The van der Waals surface area contributed by atoms with Crippen molar-refractivity contribution in [2.45, 2.75) is 25.8 Å². The molecule has 0 spiro atoms. The molecule has 6 heteroatoms. The number of carbonyl (C=O) groups is 1. The van der Waals surface area contributed by atoms with Gasteiger partial charge in [-0.25, -0.2) is 0 Å². The number of rotatable bonds is 4. The largest absolute Gasteiger partial charge is 0.399 e. The van der Waals surface area contributed by atoms with Crippen molar-refractivity contribution >= 4 is 11.6 Å².